The van der Waals surface area contributed by atoms with Crippen molar-refractivity contribution in [2.24, 2.45) is 0 Å². The average Bonchev–Trinajstić information content (AvgIpc) is 2.63. The van der Waals surface area contributed by atoms with Crippen LogP contribution in [0.25, 0.3) is 0 Å². The van der Waals surface area contributed by atoms with Crippen molar-refractivity contribution in [2.75, 3.05) is 0 Å². The molecule has 0 saturated heterocycles. The van der Waals surface area contributed by atoms with Gasteiger partial charge in [0.2, 0.25) is 0 Å². The van der Waals surface area contributed by atoms with Crippen LogP contribution in [0.5, 0.6) is 0 Å². The van der Waals surface area contributed by atoms with Gasteiger partial charge in [0, 0.05) is 5.41 Å². The summed E-state index contributed by atoms with van der Waals surface area (Å²) in [5, 5.41) is 0. The highest BCUT2D eigenvalue weighted by Gasteiger charge is 2.36. The normalized spacial score (nSPS) is 14.0. The van der Waals surface area contributed by atoms with Gasteiger partial charge in [0.1, 0.15) is 5.82 Å². The van der Waals surface area contributed by atoms with Gasteiger partial charge in [-0.1, -0.05) is 43.3 Å². The highest BCUT2D eigenvalue weighted by atomic mass is 19.4. The van der Waals surface area contributed by atoms with Crippen molar-refractivity contribution in [1.82, 2.24) is 0 Å². The summed E-state index contributed by atoms with van der Waals surface area (Å²) in [5.74, 6) is -3.24. The monoisotopic (exact) mass is 394 g/mol. The summed E-state index contributed by atoms with van der Waals surface area (Å²) >= 11 is 0. The first-order valence-corrected chi connectivity index (χ1v) is 8.47. The molecule has 0 radical (unpaired) electrons. The summed E-state index contributed by atoms with van der Waals surface area (Å²) in [6.45, 7) is 1.58. The lowest BCUT2D eigenvalue weighted by atomic mass is 9.71. The highest BCUT2D eigenvalue weighted by molar-refractivity contribution is 5.43. The summed E-state index contributed by atoms with van der Waals surface area (Å²) < 4.78 is 81.0. The van der Waals surface area contributed by atoms with Gasteiger partial charge in [0.15, 0.2) is 11.6 Å². The quantitative estimate of drug-likeness (QED) is 0.434. The van der Waals surface area contributed by atoms with Crippen LogP contribution < -0.4 is 0 Å². The molecular formula is C22H16F6. The van der Waals surface area contributed by atoms with Gasteiger partial charge in [-0.2, -0.15) is 13.2 Å². The lowest BCUT2D eigenvalue weighted by Crippen LogP contribution is -2.28. The van der Waals surface area contributed by atoms with E-state index in [2.05, 4.69) is 0 Å². The molecule has 0 bridgehead atoms. The van der Waals surface area contributed by atoms with Crippen molar-refractivity contribution < 1.29 is 26.3 Å². The Balaban J connectivity index is 2.21. The van der Waals surface area contributed by atoms with Gasteiger partial charge in [0.25, 0.3) is 0 Å². The zero-order valence-corrected chi connectivity index (χ0v) is 14.8. The molecule has 146 valence electrons. The van der Waals surface area contributed by atoms with E-state index in [1.54, 1.807) is 37.3 Å². The molecule has 0 aromatic heterocycles. The number of benzene rings is 3. The van der Waals surface area contributed by atoms with Crippen molar-refractivity contribution in [3.8, 4) is 0 Å². The zero-order chi connectivity index (χ0) is 20.5. The fourth-order valence-corrected chi connectivity index (χ4v) is 3.29. The first-order valence-electron chi connectivity index (χ1n) is 8.47. The van der Waals surface area contributed by atoms with Crippen LogP contribution in [-0.2, 0) is 18.0 Å². The van der Waals surface area contributed by atoms with E-state index in [9.17, 15) is 26.3 Å². The Hall–Kier alpha value is -2.76. The van der Waals surface area contributed by atoms with Crippen molar-refractivity contribution in [3.63, 3.8) is 0 Å². The highest BCUT2D eigenvalue weighted by Crippen LogP contribution is 2.39. The van der Waals surface area contributed by atoms with Crippen LogP contribution in [0.4, 0.5) is 26.3 Å². The molecular weight excluding hydrogens is 378 g/mol. The molecule has 3 aromatic rings. The third-order valence-corrected chi connectivity index (χ3v) is 4.82. The van der Waals surface area contributed by atoms with Gasteiger partial charge in [-0.3, -0.25) is 0 Å². The van der Waals surface area contributed by atoms with Gasteiger partial charge >= 0.3 is 6.18 Å². The van der Waals surface area contributed by atoms with E-state index >= 15 is 0 Å². The van der Waals surface area contributed by atoms with E-state index in [1.807, 2.05) is 0 Å². The Kier molecular flexibility index (Phi) is 5.24. The molecule has 0 aliphatic heterocycles. The second kappa shape index (κ2) is 7.34. The minimum absolute atomic E-state index is 0.0229. The number of alkyl halides is 3. The molecule has 0 aliphatic carbocycles. The van der Waals surface area contributed by atoms with Crippen LogP contribution in [0.15, 0.2) is 66.7 Å². The Morgan fingerprint density at radius 3 is 1.93 bits per heavy atom. The van der Waals surface area contributed by atoms with Gasteiger partial charge in [-0.15, -0.1) is 0 Å². The van der Waals surface area contributed by atoms with Crippen molar-refractivity contribution in [2.45, 2.75) is 24.9 Å². The number of rotatable bonds is 4. The van der Waals surface area contributed by atoms with Crippen LogP contribution in [-0.4, -0.2) is 0 Å². The van der Waals surface area contributed by atoms with Crippen molar-refractivity contribution >= 4 is 0 Å². The molecule has 3 rings (SSSR count). The topological polar surface area (TPSA) is 0 Å². The molecule has 3 aromatic carbocycles. The van der Waals surface area contributed by atoms with E-state index in [-0.39, 0.29) is 17.5 Å². The fraction of sp³-hybridized carbons (Fsp3) is 0.182. The Morgan fingerprint density at radius 2 is 1.32 bits per heavy atom. The summed E-state index contributed by atoms with van der Waals surface area (Å²) in [7, 11) is 0. The first kappa shape index (κ1) is 20.0. The standard InChI is InChI=1S/C22H16F6/c1-21(13-14-5-3-2-4-6-14,15-7-8-19(24)20(25)12-15)16-9-17(22(26,27)28)11-18(23)10-16/h2-12H,13H2,1H3/t21-/m1/s1. The molecule has 0 nitrogen and oxygen atoms in total. The molecule has 0 fully saturated rings. The van der Waals surface area contributed by atoms with Gasteiger partial charge in [-0.25, -0.2) is 13.2 Å². The van der Waals surface area contributed by atoms with E-state index in [0.29, 0.717) is 6.07 Å². The van der Waals surface area contributed by atoms with Crippen LogP contribution in [0.1, 0.15) is 29.2 Å². The van der Waals surface area contributed by atoms with E-state index in [1.165, 1.54) is 6.07 Å². The van der Waals surface area contributed by atoms with Crippen molar-refractivity contribution in [3.05, 3.63) is 106 Å². The molecule has 0 amide bonds. The van der Waals surface area contributed by atoms with Gasteiger partial charge in [0.05, 0.1) is 5.56 Å². The Labute approximate surface area is 158 Å². The zero-order valence-electron chi connectivity index (χ0n) is 14.8. The third-order valence-electron chi connectivity index (χ3n) is 4.82. The predicted molar refractivity (Wildman–Crippen MR) is 94.4 cm³/mol. The molecule has 0 N–H and O–H groups in total. The molecule has 0 aliphatic rings. The van der Waals surface area contributed by atoms with Crippen molar-refractivity contribution in [1.29, 1.82) is 0 Å². The minimum Gasteiger partial charge on any atom is -0.207 e. The van der Waals surface area contributed by atoms with Crippen LogP contribution in [0.2, 0.25) is 0 Å². The van der Waals surface area contributed by atoms with E-state index in [4.69, 9.17) is 0 Å². The SMILES string of the molecule is C[C@](Cc1ccccc1)(c1cc(F)cc(C(F)(F)F)c1)c1ccc(F)c(F)c1. The maximum atomic E-state index is 14.1. The predicted octanol–water partition coefficient (Wildman–Crippen LogP) is 6.67. The largest absolute Gasteiger partial charge is 0.416 e. The smallest absolute Gasteiger partial charge is 0.207 e. The molecule has 1 atom stereocenters. The number of hydrogen-bond donors (Lipinski definition) is 0. The molecule has 0 heterocycles. The second-order valence-electron chi connectivity index (χ2n) is 6.85. The molecule has 6 heteroatoms. The second-order valence-corrected chi connectivity index (χ2v) is 6.85. The average molecular weight is 394 g/mol. The Bertz CT molecular complexity index is 978. The first-order chi connectivity index (χ1) is 13.1. The maximum Gasteiger partial charge on any atom is 0.416 e. The van der Waals surface area contributed by atoms with E-state index < -0.39 is 34.6 Å². The van der Waals surface area contributed by atoms with Crippen LogP contribution in [0, 0.1) is 17.5 Å². The molecule has 28 heavy (non-hydrogen) atoms. The lowest BCUT2D eigenvalue weighted by Gasteiger charge is -2.32. The van der Waals surface area contributed by atoms with Crippen LogP contribution >= 0.6 is 0 Å². The van der Waals surface area contributed by atoms with E-state index in [0.717, 1.165) is 29.8 Å². The van der Waals surface area contributed by atoms with Gasteiger partial charge in [-0.05, 0) is 53.4 Å². The summed E-state index contributed by atoms with van der Waals surface area (Å²) in [4.78, 5) is 0. The minimum atomic E-state index is -4.74. The molecule has 0 unspecified atom stereocenters. The molecule has 0 saturated carbocycles. The number of halogens is 6. The van der Waals surface area contributed by atoms with Crippen LogP contribution in [0.3, 0.4) is 0 Å². The summed E-state index contributed by atoms with van der Waals surface area (Å²) in [6, 6.07) is 14.3. The fourth-order valence-electron chi connectivity index (χ4n) is 3.29. The van der Waals surface area contributed by atoms with Gasteiger partial charge < -0.3 is 0 Å². The lowest BCUT2D eigenvalue weighted by molar-refractivity contribution is -0.137. The summed E-state index contributed by atoms with van der Waals surface area (Å²) in [6.07, 6.45) is -4.57. The molecule has 0 spiro atoms. The third kappa shape index (κ3) is 4.06. The Morgan fingerprint density at radius 1 is 0.679 bits per heavy atom. The maximum absolute atomic E-state index is 14.1. The number of hydrogen-bond acceptors (Lipinski definition) is 0. The summed E-state index contributed by atoms with van der Waals surface area (Å²) in [5.41, 5.74) is -1.33.